The van der Waals surface area contributed by atoms with E-state index in [1.165, 1.54) is 11.5 Å². The van der Waals surface area contributed by atoms with Crippen LogP contribution in [-0.2, 0) is 16.0 Å². The van der Waals surface area contributed by atoms with Gasteiger partial charge in [0.1, 0.15) is 12.4 Å². The molecule has 0 unspecified atom stereocenters. The summed E-state index contributed by atoms with van der Waals surface area (Å²) in [5, 5.41) is 13.9. The highest BCUT2D eigenvalue weighted by atomic mass is 32.1. The normalized spacial score (nSPS) is 9.81. The van der Waals surface area contributed by atoms with E-state index < -0.39 is 11.9 Å². The van der Waals surface area contributed by atoms with Crippen LogP contribution in [0.2, 0.25) is 0 Å². The number of anilines is 1. The molecule has 1 amide bonds. The van der Waals surface area contributed by atoms with Gasteiger partial charge in [-0.15, -0.1) is 0 Å². The van der Waals surface area contributed by atoms with Crippen LogP contribution < -0.4 is 10.6 Å². The van der Waals surface area contributed by atoms with Crippen LogP contribution in [0.25, 0.3) is 0 Å². The summed E-state index contributed by atoms with van der Waals surface area (Å²) in [6.07, 6.45) is 0.739. The monoisotopic (exact) mass is 244 g/mol. The van der Waals surface area contributed by atoms with Gasteiger partial charge < -0.3 is 15.7 Å². The summed E-state index contributed by atoms with van der Waals surface area (Å²) in [6, 6.07) is 0. The first-order valence-electron chi connectivity index (χ1n) is 4.66. The number of nitrogens with zero attached hydrogens (tertiary/aromatic N) is 2. The number of aromatic nitrogens is 2. The molecule has 0 saturated carbocycles. The Kier molecular flexibility index (Phi) is 4.65. The smallest absolute Gasteiger partial charge is 0.322 e. The average molecular weight is 244 g/mol. The number of rotatable bonds is 6. The molecule has 88 valence electrons. The van der Waals surface area contributed by atoms with Crippen molar-refractivity contribution in [3.63, 3.8) is 0 Å². The topological polar surface area (TPSA) is 104 Å². The maximum Gasteiger partial charge on any atom is 0.322 e. The lowest BCUT2D eigenvalue weighted by atomic mass is 10.5. The molecule has 0 atom stereocenters. The Morgan fingerprint density at radius 2 is 2.19 bits per heavy atom. The summed E-state index contributed by atoms with van der Waals surface area (Å²) < 4.78 is 4.03. The van der Waals surface area contributed by atoms with Crippen molar-refractivity contribution in [2.45, 2.75) is 13.3 Å². The molecule has 0 saturated heterocycles. The number of carbonyl (C=O) groups is 2. The second-order valence-corrected chi connectivity index (χ2v) is 3.65. The second-order valence-electron chi connectivity index (χ2n) is 2.89. The largest absolute Gasteiger partial charge is 0.480 e. The standard InChI is InChI=1S/C8H12N4O3S/c1-2-5-11-8(16-12-5)10-3-6(13)9-4-7(14)15/h2-4H2,1H3,(H,9,13)(H,14,15)(H,10,11,12). The van der Waals surface area contributed by atoms with Crippen molar-refractivity contribution in [3.8, 4) is 0 Å². The zero-order valence-corrected chi connectivity index (χ0v) is 9.50. The van der Waals surface area contributed by atoms with Gasteiger partial charge in [-0.25, -0.2) is 4.98 Å². The fourth-order valence-electron chi connectivity index (χ4n) is 0.862. The molecule has 1 aromatic rings. The number of aliphatic carboxylic acids is 1. The van der Waals surface area contributed by atoms with E-state index in [2.05, 4.69) is 20.0 Å². The van der Waals surface area contributed by atoms with Crippen molar-refractivity contribution in [2.75, 3.05) is 18.4 Å². The molecule has 0 aliphatic heterocycles. The highest BCUT2D eigenvalue weighted by Crippen LogP contribution is 2.10. The molecule has 1 aromatic heterocycles. The third kappa shape index (κ3) is 4.22. The summed E-state index contributed by atoms with van der Waals surface area (Å²) in [5.41, 5.74) is 0. The molecule has 7 nitrogen and oxygen atoms in total. The molecule has 0 aliphatic carbocycles. The van der Waals surface area contributed by atoms with E-state index in [1.807, 2.05) is 6.92 Å². The molecular weight excluding hydrogens is 232 g/mol. The Morgan fingerprint density at radius 1 is 1.44 bits per heavy atom. The number of amides is 1. The quantitative estimate of drug-likeness (QED) is 0.635. The molecule has 0 radical (unpaired) electrons. The molecule has 0 aliphatic rings. The number of carboxylic acid groups (broad SMARTS) is 1. The van der Waals surface area contributed by atoms with Crippen LogP contribution in [0.1, 0.15) is 12.7 Å². The van der Waals surface area contributed by atoms with Gasteiger partial charge in [0.2, 0.25) is 11.0 Å². The van der Waals surface area contributed by atoms with Crippen LogP contribution in [0.15, 0.2) is 0 Å². The van der Waals surface area contributed by atoms with Gasteiger partial charge in [0.05, 0.1) is 6.54 Å². The number of carbonyl (C=O) groups excluding carboxylic acids is 1. The van der Waals surface area contributed by atoms with E-state index >= 15 is 0 Å². The Labute approximate surface area is 96.1 Å². The van der Waals surface area contributed by atoms with E-state index in [1.54, 1.807) is 0 Å². The van der Waals surface area contributed by atoms with E-state index in [9.17, 15) is 9.59 Å². The predicted molar refractivity (Wildman–Crippen MR) is 58.4 cm³/mol. The third-order valence-corrected chi connectivity index (χ3v) is 2.33. The molecule has 0 bridgehead atoms. The van der Waals surface area contributed by atoms with Gasteiger partial charge in [0, 0.05) is 18.0 Å². The predicted octanol–water partition coefficient (Wildman–Crippen LogP) is -0.287. The minimum atomic E-state index is -1.07. The molecule has 3 N–H and O–H groups in total. The highest BCUT2D eigenvalue weighted by molar-refractivity contribution is 7.09. The molecular formula is C8H12N4O3S. The fraction of sp³-hybridized carbons (Fsp3) is 0.500. The summed E-state index contributed by atoms with van der Waals surface area (Å²) in [5.74, 6) is -0.744. The zero-order valence-electron chi connectivity index (χ0n) is 8.69. The minimum absolute atomic E-state index is 0.00831. The van der Waals surface area contributed by atoms with Crippen LogP contribution >= 0.6 is 11.5 Å². The Hall–Kier alpha value is -1.70. The Balaban J connectivity index is 2.28. The molecule has 8 heteroatoms. The average Bonchev–Trinajstić information content (AvgIpc) is 2.71. The van der Waals surface area contributed by atoms with Crippen molar-refractivity contribution >= 4 is 28.5 Å². The van der Waals surface area contributed by atoms with Gasteiger partial charge >= 0.3 is 5.97 Å². The highest BCUT2D eigenvalue weighted by Gasteiger charge is 2.06. The molecule has 0 fully saturated rings. The van der Waals surface area contributed by atoms with E-state index in [0.29, 0.717) is 5.13 Å². The summed E-state index contributed by atoms with van der Waals surface area (Å²) >= 11 is 1.17. The summed E-state index contributed by atoms with van der Waals surface area (Å²) in [6.45, 7) is 1.55. The first kappa shape index (κ1) is 12.4. The van der Waals surface area contributed by atoms with Gasteiger partial charge in [0.25, 0.3) is 0 Å². The number of hydrogen-bond donors (Lipinski definition) is 3. The van der Waals surface area contributed by atoms with Crippen molar-refractivity contribution in [3.05, 3.63) is 5.82 Å². The van der Waals surface area contributed by atoms with Gasteiger partial charge in [-0.05, 0) is 0 Å². The molecule has 1 heterocycles. The molecule has 0 aromatic carbocycles. The Bertz CT molecular complexity index is 379. The van der Waals surface area contributed by atoms with Crippen LogP contribution in [0.4, 0.5) is 5.13 Å². The lowest BCUT2D eigenvalue weighted by Crippen LogP contribution is -2.33. The molecule has 0 spiro atoms. The van der Waals surface area contributed by atoms with Crippen LogP contribution in [-0.4, -0.2) is 39.4 Å². The lowest BCUT2D eigenvalue weighted by Gasteiger charge is -2.02. The first-order chi connectivity index (χ1) is 7.61. The van der Waals surface area contributed by atoms with Gasteiger partial charge in [-0.3, -0.25) is 9.59 Å². The first-order valence-corrected chi connectivity index (χ1v) is 5.44. The van der Waals surface area contributed by atoms with Crippen molar-refractivity contribution in [1.29, 1.82) is 0 Å². The fourth-order valence-corrected chi connectivity index (χ4v) is 1.51. The van der Waals surface area contributed by atoms with Crippen molar-refractivity contribution in [1.82, 2.24) is 14.7 Å². The number of carboxylic acids is 1. The second kappa shape index (κ2) is 6.01. The molecule has 1 rings (SSSR count). The van der Waals surface area contributed by atoms with Crippen LogP contribution in [0.3, 0.4) is 0 Å². The van der Waals surface area contributed by atoms with Crippen LogP contribution in [0.5, 0.6) is 0 Å². The number of nitrogens with one attached hydrogen (secondary N) is 2. The maximum absolute atomic E-state index is 11.1. The summed E-state index contributed by atoms with van der Waals surface area (Å²) in [4.78, 5) is 25.4. The van der Waals surface area contributed by atoms with E-state index in [4.69, 9.17) is 5.11 Å². The van der Waals surface area contributed by atoms with E-state index in [0.717, 1.165) is 12.2 Å². The van der Waals surface area contributed by atoms with Crippen LogP contribution in [0, 0.1) is 0 Å². The van der Waals surface area contributed by atoms with Crippen molar-refractivity contribution < 1.29 is 14.7 Å². The number of aryl methyl sites for hydroxylation is 1. The zero-order chi connectivity index (χ0) is 12.0. The van der Waals surface area contributed by atoms with Crippen molar-refractivity contribution in [2.24, 2.45) is 0 Å². The Morgan fingerprint density at radius 3 is 2.75 bits per heavy atom. The third-order valence-electron chi connectivity index (χ3n) is 1.62. The lowest BCUT2D eigenvalue weighted by molar-refractivity contribution is -0.137. The van der Waals surface area contributed by atoms with Gasteiger partial charge in [-0.2, -0.15) is 4.37 Å². The SMILES string of the molecule is CCc1nsc(NCC(=O)NCC(=O)O)n1. The minimum Gasteiger partial charge on any atom is -0.480 e. The molecule has 16 heavy (non-hydrogen) atoms. The van der Waals surface area contributed by atoms with Gasteiger partial charge in [0.15, 0.2) is 0 Å². The van der Waals surface area contributed by atoms with Gasteiger partial charge in [-0.1, -0.05) is 6.92 Å². The maximum atomic E-state index is 11.1. The number of hydrogen-bond acceptors (Lipinski definition) is 6. The van der Waals surface area contributed by atoms with E-state index in [-0.39, 0.29) is 13.1 Å². The summed E-state index contributed by atoms with van der Waals surface area (Å²) in [7, 11) is 0.